The van der Waals surface area contributed by atoms with Crippen LogP contribution in [-0.4, -0.2) is 47.4 Å². The van der Waals surface area contributed by atoms with Gasteiger partial charge in [-0.1, -0.05) is 50.6 Å². The Kier molecular flexibility index (Phi) is 15.9. The lowest BCUT2D eigenvalue weighted by atomic mass is 9.88. The highest BCUT2D eigenvalue weighted by atomic mass is 35.5. The molecule has 3 rings (SSSR count). The molecule has 0 aliphatic heterocycles. The van der Waals surface area contributed by atoms with Crippen molar-refractivity contribution in [3.8, 4) is 5.75 Å². The normalized spacial score (nSPS) is 11.1. The maximum absolute atomic E-state index is 12.9. The van der Waals surface area contributed by atoms with Crippen LogP contribution in [0.15, 0.2) is 71.7 Å². The quantitative estimate of drug-likeness (QED) is 0.0886. The van der Waals surface area contributed by atoms with E-state index in [2.05, 4.69) is 41.7 Å². The maximum atomic E-state index is 12.9. The van der Waals surface area contributed by atoms with E-state index in [1.807, 2.05) is 24.3 Å². The Labute approximate surface area is 314 Å². The number of guanidine groups is 1. The molecule has 0 radical (unpaired) electrons. The molecular formula is C39H47ClN4O9. The van der Waals surface area contributed by atoms with Gasteiger partial charge < -0.3 is 19.5 Å². The molecule has 0 aromatic heterocycles. The van der Waals surface area contributed by atoms with Crippen LogP contribution in [0.3, 0.4) is 0 Å². The van der Waals surface area contributed by atoms with Crippen LogP contribution in [0, 0.1) is 5.41 Å². The van der Waals surface area contributed by atoms with Gasteiger partial charge in [-0.05, 0) is 119 Å². The highest BCUT2D eigenvalue weighted by Crippen LogP contribution is 2.26. The van der Waals surface area contributed by atoms with Crippen LogP contribution >= 0.6 is 11.6 Å². The monoisotopic (exact) mass is 750 g/mol. The number of halogens is 1. The Hall–Kier alpha value is -5.52. The number of anilines is 1. The third kappa shape index (κ3) is 18.0. The van der Waals surface area contributed by atoms with Crippen molar-refractivity contribution in [3.63, 3.8) is 0 Å². The second kappa shape index (κ2) is 19.4. The van der Waals surface area contributed by atoms with E-state index in [-0.39, 0.29) is 41.2 Å². The number of esters is 1. The Balaban J connectivity index is 0.00000313. The zero-order valence-corrected chi connectivity index (χ0v) is 32.2. The Morgan fingerprint density at radius 2 is 1.28 bits per heavy atom. The van der Waals surface area contributed by atoms with E-state index in [0.29, 0.717) is 17.1 Å². The van der Waals surface area contributed by atoms with Gasteiger partial charge in [0.2, 0.25) is 11.9 Å². The molecule has 0 saturated carbocycles. The molecule has 3 aromatic rings. The number of benzene rings is 3. The third-order valence-corrected chi connectivity index (χ3v) is 6.76. The van der Waals surface area contributed by atoms with Gasteiger partial charge in [0, 0.05) is 17.1 Å². The minimum absolute atomic E-state index is 0.138. The van der Waals surface area contributed by atoms with E-state index in [1.54, 1.807) is 53.7 Å². The van der Waals surface area contributed by atoms with Crippen molar-refractivity contribution in [2.24, 2.45) is 10.4 Å². The smallest absolute Gasteiger partial charge is 0.414 e. The van der Waals surface area contributed by atoms with Crippen molar-refractivity contribution in [2.45, 2.75) is 92.8 Å². The predicted molar refractivity (Wildman–Crippen MR) is 200 cm³/mol. The van der Waals surface area contributed by atoms with Crippen molar-refractivity contribution in [2.75, 3.05) is 5.32 Å². The molecule has 284 valence electrons. The lowest BCUT2D eigenvalue weighted by Gasteiger charge is -2.22. The molecule has 0 aliphatic rings. The van der Waals surface area contributed by atoms with Gasteiger partial charge in [-0.25, -0.2) is 19.4 Å². The largest absolute Gasteiger partial charge is 0.444 e. The summed E-state index contributed by atoms with van der Waals surface area (Å²) in [6, 6.07) is 18.7. The molecule has 14 heteroatoms. The van der Waals surface area contributed by atoms with E-state index in [0.717, 1.165) is 17.7 Å². The molecule has 0 unspecified atom stereocenters. The molecular weight excluding hydrogens is 704 g/mol. The number of carbonyl (C=O) groups excluding carboxylic acids is 6. The first-order valence-corrected chi connectivity index (χ1v) is 17.0. The molecule has 0 fully saturated rings. The van der Waals surface area contributed by atoms with Gasteiger partial charge >= 0.3 is 24.3 Å². The van der Waals surface area contributed by atoms with Crippen LogP contribution in [0.5, 0.6) is 5.75 Å². The van der Waals surface area contributed by atoms with Crippen LogP contribution in [-0.2, 0) is 36.7 Å². The average Bonchev–Trinajstić information content (AvgIpc) is 2.99. The van der Waals surface area contributed by atoms with Gasteiger partial charge in [-0.15, -0.1) is 0 Å². The van der Waals surface area contributed by atoms with Crippen LogP contribution in [0.1, 0.15) is 90.2 Å². The summed E-state index contributed by atoms with van der Waals surface area (Å²) in [5.74, 6) is -0.783. The van der Waals surface area contributed by atoms with Crippen LogP contribution in [0.2, 0.25) is 5.02 Å². The van der Waals surface area contributed by atoms with Crippen molar-refractivity contribution >= 4 is 59.1 Å². The van der Waals surface area contributed by atoms with Gasteiger partial charge in [-0.3, -0.25) is 15.4 Å². The summed E-state index contributed by atoms with van der Waals surface area (Å²) in [5, 5.41) is 8.08. The van der Waals surface area contributed by atoms with Crippen molar-refractivity contribution in [1.29, 1.82) is 0 Å². The number of aryl methyl sites for hydroxylation is 1. The summed E-state index contributed by atoms with van der Waals surface area (Å²) in [7, 11) is 0. The van der Waals surface area contributed by atoms with Gasteiger partial charge in [0.05, 0.1) is 11.3 Å². The van der Waals surface area contributed by atoms with Crippen LogP contribution < -0.4 is 20.7 Å². The molecule has 0 atom stereocenters. The molecule has 13 nitrogen and oxygen atoms in total. The number of ether oxygens (including phenoxy) is 3. The van der Waals surface area contributed by atoms with Crippen LogP contribution in [0.4, 0.5) is 21.0 Å². The Morgan fingerprint density at radius 1 is 0.755 bits per heavy atom. The fourth-order valence-corrected chi connectivity index (χ4v) is 4.70. The predicted octanol–water partition coefficient (Wildman–Crippen LogP) is 8.17. The van der Waals surface area contributed by atoms with E-state index in [1.165, 1.54) is 35.9 Å². The fourth-order valence-electron chi connectivity index (χ4n) is 4.44. The fraction of sp³-hybridized carbons (Fsp3) is 0.385. The number of hydrogen-bond acceptors (Lipinski definition) is 10. The van der Waals surface area contributed by atoms with Crippen molar-refractivity contribution < 1.29 is 43.0 Å². The van der Waals surface area contributed by atoms with E-state index in [9.17, 15) is 19.2 Å². The van der Waals surface area contributed by atoms with Crippen molar-refractivity contribution in [1.82, 2.24) is 10.6 Å². The number of rotatable bonds is 8. The summed E-state index contributed by atoms with van der Waals surface area (Å²) in [6.07, 6.45) is 0.145. The second-order valence-corrected chi connectivity index (χ2v) is 15.4. The van der Waals surface area contributed by atoms with E-state index in [4.69, 9.17) is 35.4 Å². The SMILES string of the molecule is CC(C)(C)Cc1ccc(NC(=O)CCc2ccc(OC(=O)c3ccc(N=C(NC(=O)OC(C)(C)C)NC(=O)OC(C)(C)C)cc3)cc2Cl)cc1.O=C=O. The topological polar surface area (TPSA) is 179 Å². The summed E-state index contributed by atoms with van der Waals surface area (Å²) in [6.45, 7) is 16.7. The highest BCUT2D eigenvalue weighted by molar-refractivity contribution is 6.31. The molecule has 0 bridgehead atoms. The van der Waals surface area contributed by atoms with Gasteiger partial charge in [0.25, 0.3) is 0 Å². The lowest BCUT2D eigenvalue weighted by molar-refractivity contribution is -0.191. The third-order valence-electron chi connectivity index (χ3n) is 6.41. The summed E-state index contributed by atoms with van der Waals surface area (Å²) < 4.78 is 16.0. The van der Waals surface area contributed by atoms with Crippen molar-refractivity contribution in [3.05, 3.63) is 88.4 Å². The standard InChI is InChI=1S/C38H47ClN4O7.CO2/c1-36(2,3)23-24-10-16-27(17-11-24)40-31(44)21-15-25-14-20-29(22-30(25)39)48-32(45)26-12-18-28(19-13-26)41-33(42-34(46)49-37(4,5)6)43-35(47)50-38(7,8)9;2-1-3/h10-14,16-20,22H,15,21,23H2,1-9H3,(H,40,44)(H2,41,42,43,46,47);. The molecule has 3 N–H and O–H groups in total. The zero-order valence-electron chi connectivity index (χ0n) is 31.5. The zero-order chi connectivity index (χ0) is 40.0. The number of carbonyl (C=O) groups is 4. The van der Waals surface area contributed by atoms with Crippen LogP contribution in [0.25, 0.3) is 0 Å². The number of nitrogens with zero attached hydrogens (tertiary/aromatic N) is 1. The molecule has 53 heavy (non-hydrogen) atoms. The maximum Gasteiger partial charge on any atom is 0.414 e. The van der Waals surface area contributed by atoms with Gasteiger partial charge in [-0.2, -0.15) is 9.59 Å². The summed E-state index contributed by atoms with van der Waals surface area (Å²) >= 11 is 6.47. The number of aliphatic imine (C=N–C) groups is 1. The highest BCUT2D eigenvalue weighted by Gasteiger charge is 2.22. The lowest BCUT2D eigenvalue weighted by Crippen LogP contribution is -2.47. The van der Waals surface area contributed by atoms with Gasteiger partial charge in [0.15, 0.2) is 0 Å². The first-order chi connectivity index (χ1) is 24.6. The number of hydrogen-bond donors (Lipinski definition) is 3. The Bertz CT molecular complexity index is 1760. The first kappa shape index (κ1) is 43.6. The minimum atomic E-state index is -0.835. The van der Waals surface area contributed by atoms with E-state index >= 15 is 0 Å². The minimum Gasteiger partial charge on any atom is -0.444 e. The Morgan fingerprint density at radius 3 is 1.75 bits per heavy atom. The number of nitrogens with one attached hydrogen (secondary N) is 3. The van der Waals surface area contributed by atoms with E-state index < -0.39 is 29.4 Å². The molecule has 3 aromatic carbocycles. The molecule has 0 spiro atoms. The first-order valence-electron chi connectivity index (χ1n) is 16.6. The molecule has 0 saturated heterocycles. The number of amides is 3. The van der Waals surface area contributed by atoms with Gasteiger partial charge in [0.1, 0.15) is 17.0 Å². The summed E-state index contributed by atoms with van der Waals surface area (Å²) in [5.41, 5.74) is 1.80. The molecule has 0 heterocycles. The number of alkyl carbamates (subject to hydrolysis) is 2. The molecule has 0 aliphatic carbocycles. The molecule has 3 amide bonds. The average molecular weight is 751 g/mol. The summed E-state index contributed by atoms with van der Waals surface area (Å²) in [4.78, 5) is 70.7. The second-order valence-electron chi connectivity index (χ2n) is 15.0.